The van der Waals surface area contributed by atoms with Crippen molar-refractivity contribution in [1.82, 2.24) is 9.80 Å². The summed E-state index contributed by atoms with van der Waals surface area (Å²) >= 11 is 0. The molecule has 1 heterocycles. The van der Waals surface area contributed by atoms with Crippen molar-refractivity contribution in [3.63, 3.8) is 0 Å². The van der Waals surface area contributed by atoms with E-state index in [1.807, 2.05) is 58.3 Å². The number of amides is 3. The maximum absolute atomic E-state index is 13.0. The van der Waals surface area contributed by atoms with Gasteiger partial charge in [-0.05, 0) is 48.2 Å². The standard InChI is InChI=1S/C26H31N3O4/c1-19(30)27-13-15-28(16-14-27)25(31)17-20-3-9-23(10-4-20)29(26(32)22-7-8-22)18-21-5-11-24(33-2)12-6-21/h3-6,9-12,22H,7-8,13-18H2,1-2H3. The van der Waals surface area contributed by atoms with Gasteiger partial charge in [-0.15, -0.1) is 0 Å². The molecule has 0 spiro atoms. The summed E-state index contributed by atoms with van der Waals surface area (Å²) in [6, 6.07) is 15.5. The SMILES string of the molecule is COc1ccc(CN(C(=O)C2CC2)c2ccc(CC(=O)N3CCN(C(C)=O)CC3)cc2)cc1. The van der Waals surface area contributed by atoms with Gasteiger partial charge in [0.25, 0.3) is 0 Å². The molecule has 0 radical (unpaired) electrons. The van der Waals surface area contributed by atoms with Gasteiger partial charge in [0, 0.05) is 44.7 Å². The van der Waals surface area contributed by atoms with Crippen LogP contribution in [0.25, 0.3) is 0 Å². The van der Waals surface area contributed by atoms with Gasteiger partial charge in [-0.2, -0.15) is 0 Å². The van der Waals surface area contributed by atoms with Crippen LogP contribution in [-0.2, 0) is 27.3 Å². The second-order valence-electron chi connectivity index (χ2n) is 8.78. The van der Waals surface area contributed by atoms with Crippen LogP contribution in [0.2, 0.25) is 0 Å². The van der Waals surface area contributed by atoms with Crippen molar-refractivity contribution in [2.75, 3.05) is 38.2 Å². The summed E-state index contributed by atoms with van der Waals surface area (Å²) < 4.78 is 5.23. The molecule has 7 heteroatoms. The second kappa shape index (κ2) is 10.1. The minimum Gasteiger partial charge on any atom is -0.497 e. The van der Waals surface area contributed by atoms with Crippen LogP contribution in [0, 0.1) is 5.92 Å². The van der Waals surface area contributed by atoms with E-state index < -0.39 is 0 Å². The van der Waals surface area contributed by atoms with Crippen LogP contribution < -0.4 is 9.64 Å². The fourth-order valence-electron chi connectivity index (χ4n) is 4.11. The summed E-state index contributed by atoms with van der Waals surface area (Å²) in [5.41, 5.74) is 2.80. The zero-order valence-electron chi connectivity index (χ0n) is 19.3. The van der Waals surface area contributed by atoms with Gasteiger partial charge in [-0.3, -0.25) is 14.4 Å². The van der Waals surface area contributed by atoms with Gasteiger partial charge in [0.1, 0.15) is 5.75 Å². The number of anilines is 1. The zero-order valence-corrected chi connectivity index (χ0v) is 19.3. The van der Waals surface area contributed by atoms with Crippen molar-refractivity contribution in [3.8, 4) is 5.75 Å². The van der Waals surface area contributed by atoms with Gasteiger partial charge < -0.3 is 19.4 Å². The summed E-state index contributed by atoms with van der Waals surface area (Å²) in [4.78, 5) is 42.6. The number of nitrogens with zero attached hydrogens (tertiary/aromatic N) is 3. The van der Waals surface area contributed by atoms with E-state index in [0.29, 0.717) is 39.1 Å². The molecule has 1 saturated carbocycles. The van der Waals surface area contributed by atoms with Gasteiger partial charge >= 0.3 is 0 Å². The van der Waals surface area contributed by atoms with Crippen LogP contribution >= 0.6 is 0 Å². The first-order valence-electron chi connectivity index (χ1n) is 11.5. The van der Waals surface area contributed by atoms with E-state index in [1.165, 1.54) is 0 Å². The van der Waals surface area contributed by atoms with E-state index >= 15 is 0 Å². The minimum absolute atomic E-state index is 0.0534. The lowest BCUT2D eigenvalue weighted by atomic mass is 10.1. The molecule has 2 aromatic carbocycles. The van der Waals surface area contributed by atoms with Crippen LogP contribution in [0.4, 0.5) is 5.69 Å². The number of ether oxygens (including phenoxy) is 1. The quantitative estimate of drug-likeness (QED) is 0.652. The monoisotopic (exact) mass is 449 g/mol. The Morgan fingerprint density at radius 1 is 0.879 bits per heavy atom. The lowest BCUT2D eigenvalue weighted by Gasteiger charge is -2.34. The maximum atomic E-state index is 13.0. The van der Waals surface area contributed by atoms with Gasteiger partial charge in [0.15, 0.2) is 0 Å². The Hall–Kier alpha value is -3.35. The topological polar surface area (TPSA) is 70.2 Å². The van der Waals surface area contributed by atoms with Gasteiger partial charge in [0.2, 0.25) is 17.7 Å². The molecular weight excluding hydrogens is 418 g/mol. The summed E-state index contributed by atoms with van der Waals surface area (Å²) in [6.45, 7) is 4.38. The van der Waals surface area contributed by atoms with E-state index in [1.54, 1.807) is 18.9 Å². The van der Waals surface area contributed by atoms with Gasteiger partial charge in [-0.25, -0.2) is 0 Å². The van der Waals surface area contributed by atoms with E-state index in [-0.39, 0.29) is 23.6 Å². The summed E-state index contributed by atoms with van der Waals surface area (Å²) in [5.74, 6) is 1.17. The zero-order chi connectivity index (χ0) is 23.4. The summed E-state index contributed by atoms with van der Waals surface area (Å²) in [5, 5.41) is 0. The first kappa shape index (κ1) is 22.8. The molecule has 0 N–H and O–H groups in total. The number of methoxy groups -OCH3 is 1. The Kier molecular flexibility index (Phi) is 6.96. The van der Waals surface area contributed by atoms with E-state index in [0.717, 1.165) is 35.4 Å². The first-order valence-corrected chi connectivity index (χ1v) is 11.5. The Bertz CT molecular complexity index is 991. The second-order valence-corrected chi connectivity index (χ2v) is 8.78. The van der Waals surface area contributed by atoms with Crippen molar-refractivity contribution in [2.24, 2.45) is 5.92 Å². The first-order chi connectivity index (χ1) is 15.9. The molecule has 2 aliphatic rings. The van der Waals surface area contributed by atoms with Crippen LogP contribution in [0.1, 0.15) is 30.9 Å². The molecule has 1 aliphatic carbocycles. The third-order valence-electron chi connectivity index (χ3n) is 6.37. The van der Waals surface area contributed by atoms with Crippen molar-refractivity contribution < 1.29 is 19.1 Å². The van der Waals surface area contributed by atoms with E-state index in [4.69, 9.17) is 4.74 Å². The Morgan fingerprint density at radius 3 is 2.00 bits per heavy atom. The third-order valence-corrected chi connectivity index (χ3v) is 6.37. The Morgan fingerprint density at radius 2 is 1.45 bits per heavy atom. The van der Waals surface area contributed by atoms with Gasteiger partial charge in [0.05, 0.1) is 20.1 Å². The third kappa shape index (κ3) is 5.72. The normalized spacial score (nSPS) is 15.8. The fourth-order valence-corrected chi connectivity index (χ4v) is 4.11. The molecule has 2 aromatic rings. The number of piperazine rings is 1. The average Bonchev–Trinajstić information content (AvgIpc) is 3.69. The van der Waals surface area contributed by atoms with E-state index in [2.05, 4.69) is 0 Å². The van der Waals surface area contributed by atoms with Gasteiger partial charge in [-0.1, -0.05) is 24.3 Å². The van der Waals surface area contributed by atoms with Crippen LogP contribution in [0.5, 0.6) is 5.75 Å². The largest absolute Gasteiger partial charge is 0.497 e. The molecule has 0 bridgehead atoms. The average molecular weight is 450 g/mol. The van der Waals surface area contributed by atoms with Crippen molar-refractivity contribution in [2.45, 2.75) is 32.7 Å². The maximum Gasteiger partial charge on any atom is 0.230 e. The minimum atomic E-state index is 0.0534. The van der Waals surface area contributed by atoms with Crippen LogP contribution in [-0.4, -0.2) is 60.8 Å². The summed E-state index contributed by atoms with van der Waals surface area (Å²) in [6.07, 6.45) is 2.21. The lowest BCUT2D eigenvalue weighted by Crippen LogP contribution is -2.50. The molecule has 0 aromatic heterocycles. The molecule has 7 nitrogen and oxygen atoms in total. The molecule has 0 atom stereocenters. The van der Waals surface area contributed by atoms with Crippen molar-refractivity contribution in [1.29, 1.82) is 0 Å². The highest BCUT2D eigenvalue weighted by Crippen LogP contribution is 2.33. The molecule has 33 heavy (non-hydrogen) atoms. The smallest absolute Gasteiger partial charge is 0.230 e. The van der Waals surface area contributed by atoms with Crippen molar-refractivity contribution >= 4 is 23.4 Å². The molecule has 1 aliphatic heterocycles. The molecule has 0 unspecified atom stereocenters. The Balaban J connectivity index is 1.41. The van der Waals surface area contributed by atoms with E-state index in [9.17, 15) is 14.4 Å². The van der Waals surface area contributed by atoms with Crippen molar-refractivity contribution in [3.05, 3.63) is 59.7 Å². The highest BCUT2D eigenvalue weighted by Gasteiger charge is 2.34. The number of benzene rings is 2. The predicted octanol–water partition coefficient (Wildman–Crippen LogP) is 2.87. The molecular formula is C26H31N3O4. The number of carbonyl (C=O) groups excluding carboxylic acids is 3. The molecule has 4 rings (SSSR count). The highest BCUT2D eigenvalue weighted by molar-refractivity contribution is 5.96. The molecule has 1 saturated heterocycles. The summed E-state index contributed by atoms with van der Waals surface area (Å²) in [7, 11) is 1.64. The van der Waals surface area contributed by atoms with Crippen LogP contribution in [0.15, 0.2) is 48.5 Å². The highest BCUT2D eigenvalue weighted by atomic mass is 16.5. The number of hydrogen-bond acceptors (Lipinski definition) is 4. The lowest BCUT2D eigenvalue weighted by molar-refractivity contribution is -0.138. The van der Waals surface area contributed by atoms with Crippen LogP contribution in [0.3, 0.4) is 0 Å². The number of hydrogen-bond donors (Lipinski definition) is 0. The predicted molar refractivity (Wildman–Crippen MR) is 126 cm³/mol. The number of rotatable bonds is 7. The fraction of sp³-hybridized carbons (Fsp3) is 0.423. The molecule has 2 fully saturated rings. The molecule has 3 amide bonds. The number of carbonyl (C=O) groups is 3. The molecule has 174 valence electrons. The Labute approximate surface area is 194 Å².